The van der Waals surface area contributed by atoms with Gasteiger partial charge in [0, 0.05) is 29.3 Å². The average Bonchev–Trinajstić information content (AvgIpc) is 3.24. The van der Waals surface area contributed by atoms with Crippen molar-refractivity contribution < 1.29 is 30.0 Å². The molecular weight excluding hydrogens is 412 g/mol. The van der Waals surface area contributed by atoms with Crippen LogP contribution >= 0.6 is 0 Å². The Morgan fingerprint density at radius 2 is 1.50 bits per heavy atom. The quantitative estimate of drug-likeness (QED) is 0.210. The van der Waals surface area contributed by atoms with Crippen molar-refractivity contribution in [1.29, 1.82) is 0 Å². The average molecular weight is 438 g/mol. The lowest BCUT2D eigenvalue weighted by Crippen LogP contribution is -2.49. The van der Waals surface area contributed by atoms with Gasteiger partial charge in [-0.25, -0.2) is 0 Å². The highest BCUT2D eigenvalue weighted by Gasteiger charge is 2.36. The standard InChI is InChI=1S/C24H26N2O6/c1-24(12-27,13-28)25-9-4-5-10-26-11-8-16-19(26)23(32)18-17(22(16)31)20(29)14-6-2-3-7-15(14)21(18)30/h2-3,6-8,11,25,27-28,31-32H,4-5,9-10,12-13H2,1H3. The van der Waals surface area contributed by atoms with Gasteiger partial charge in [-0.05, 0) is 32.4 Å². The normalized spacial score (nSPS) is 13.5. The number of aliphatic hydroxyl groups excluding tert-OH is 2. The maximum absolute atomic E-state index is 13.1. The molecule has 4 rings (SSSR count). The van der Waals surface area contributed by atoms with E-state index in [9.17, 15) is 30.0 Å². The van der Waals surface area contributed by atoms with E-state index in [1.54, 1.807) is 35.9 Å². The Morgan fingerprint density at radius 3 is 2.09 bits per heavy atom. The van der Waals surface area contributed by atoms with Crippen LogP contribution in [0, 0.1) is 0 Å². The first-order valence-electron chi connectivity index (χ1n) is 10.5. The molecule has 0 bridgehead atoms. The number of aromatic hydroxyl groups is 2. The van der Waals surface area contributed by atoms with E-state index in [0.29, 0.717) is 30.4 Å². The van der Waals surface area contributed by atoms with E-state index in [1.165, 1.54) is 12.1 Å². The Balaban J connectivity index is 1.62. The van der Waals surface area contributed by atoms with Crippen LogP contribution in [-0.4, -0.2) is 61.9 Å². The maximum Gasteiger partial charge on any atom is 0.198 e. The molecule has 1 aromatic heterocycles. The summed E-state index contributed by atoms with van der Waals surface area (Å²) in [5.74, 6) is -1.59. The molecule has 8 nitrogen and oxygen atoms in total. The monoisotopic (exact) mass is 438 g/mol. The van der Waals surface area contributed by atoms with Crippen molar-refractivity contribution in [3.8, 4) is 11.5 Å². The van der Waals surface area contributed by atoms with E-state index < -0.39 is 17.1 Å². The van der Waals surface area contributed by atoms with Crippen LogP contribution in [0.25, 0.3) is 10.9 Å². The van der Waals surface area contributed by atoms with Crippen LogP contribution < -0.4 is 5.32 Å². The summed E-state index contributed by atoms with van der Waals surface area (Å²) in [6.07, 6.45) is 3.14. The lowest BCUT2D eigenvalue weighted by molar-refractivity contribution is 0.0974. The number of benzene rings is 2. The number of nitrogens with one attached hydrogen (secondary N) is 1. The zero-order chi connectivity index (χ0) is 23.0. The third-order valence-electron chi connectivity index (χ3n) is 6.11. The minimum absolute atomic E-state index is 0.159. The van der Waals surface area contributed by atoms with E-state index in [0.717, 1.165) is 6.42 Å². The molecule has 1 aliphatic rings. The van der Waals surface area contributed by atoms with Crippen LogP contribution in [0.3, 0.4) is 0 Å². The molecule has 0 radical (unpaired) electrons. The van der Waals surface area contributed by atoms with E-state index in [4.69, 9.17) is 0 Å². The number of hydrogen-bond donors (Lipinski definition) is 5. The summed E-state index contributed by atoms with van der Waals surface area (Å²) in [4.78, 5) is 26.1. The molecule has 5 N–H and O–H groups in total. The number of aliphatic hydroxyl groups is 2. The second-order valence-electron chi connectivity index (χ2n) is 8.43. The van der Waals surface area contributed by atoms with Crippen LogP contribution in [0.4, 0.5) is 0 Å². The van der Waals surface area contributed by atoms with Gasteiger partial charge in [-0.1, -0.05) is 24.3 Å². The van der Waals surface area contributed by atoms with Crippen LogP contribution in [0.5, 0.6) is 11.5 Å². The molecular formula is C24H26N2O6. The number of fused-ring (bicyclic) bond motifs is 3. The molecule has 2 aromatic carbocycles. The van der Waals surface area contributed by atoms with Crippen molar-refractivity contribution >= 4 is 22.5 Å². The van der Waals surface area contributed by atoms with Gasteiger partial charge in [0.15, 0.2) is 17.3 Å². The van der Waals surface area contributed by atoms with E-state index >= 15 is 0 Å². The van der Waals surface area contributed by atoms with Gasteiger partial charge in [-0.3, -0.25) is 9.59 Å². The minimum Gasteiger partial charge on any atom is -0.506 e. The van der Waals surface area contributed by atoms with Crippen molar-refractivity contribution in [2.75, 3.05) is 19.8 Å². The minimum atomic E-state index is -0.744. The van der Waals surface area contributed by atoms with E-state index in [1.807, 2.05) is 0 Å². The summed E-state index contributed by atoms with van der Waals surface area (Å²) in [5, 5.41) is 43.9. The number of phenolic OH excluding ortho intramolecular Hbond substituents is 2. The van der Waals surface area contributed by atoms with Gasteiger partial charge in [0.2, 0.25) is 0 Å². The Kier molecular flexibility index (Phi) is 5.77. The third kappa shape index (κ3) is 3.46. The lowest BCUT2D eigenvalue weighted by Gasteiger charge is -2.26. The highest BCUT2D eigenvalue weighted by atomic mass is 16.3. The molecule has 1 aliphatic carbocycles. The number of rotatable bonds is 8. The summed E-state index contributed by atoms with van der Waals surface area (Å²) in [6.45, 7) is 2.45. The Bertz CT molecular complexity index is 1210. The van der Waals surface area contributed by atoms with E-state index in [-0.39, 0.29) is 47.0 Å². The molecule has 168 valence electrons. The fourth-order valence-corrected chi connectivity index (χ4v) is 4.15. The SMILES string of the molecule is CC(CO)(CO)NCCCCn1ccc2c(O)c3c(c(O)c21)C(=O)c1ccccc1C3=O. The van der Waals surface area contributed by atoms with Crippen molar-refractivity contribution in [3.05, 3.63) is 58.8 Å². The first-order valence-corrected chi connectivity index (χ1v) is 10.5. The zero-order valence-corrected chi connectivity index (χ0v) is 17.8. The van der Waals surface area contributed by atoms with Crippen LogP contribution in [0.15, 0.2) is 36.5 Å². The molecule has 0 saturated carbocycles. The summed E-state index contributed by atoms with van der Waals surface area (Å²) in [6, 6.07) is 8.00. The molecule has 0 aliphatic heterocycles. The zero-order valence-electron chi connectivity index (χ0n) is 17.8. The summed E-state index contributed by atoms with van der Waals surface area (Å²) in [7, 11) is 0. The molecule has 0 amide bonds. The predicted octanol–water partition coefficient (Wildman–Crippen LogP) is 1.94. The molecule has 3 aromatic rings. The lowest BCUT2D eigenvalue weighted by atomic mass is 9.82. The van der Waals surface area contributed by atoms with Gasteiger partial charge in [0.25, 0.3) is 0 Å². The second-order valence-corrected chi connectivity index (χ2v) is 8.43. The number of phenols is 2. The summed E-state index contributed by atoms with van der Waals surface area (Å²) in [5.41, 5.74) is -0.338. The molecule has 0 unspecified atom stereocenters. The summed E-state index contributed by atoms with van der Waals surface area (Å²) < 4.78 is 1.75. The first kappa shape index (κ1) is 22.0. The highest BCUT2D eigenvalue weighted by Crippen LogP contribution is 2.44. The van der Waals surface area contributed by atoms with E-state index in [2.05, 4.69) is 5.32 Å². The highest BCUT2D eigenvalue weighted by molar-refractivity contribution is 6.32. The smallest absolute Gasteiger partial charge is 0.198 e. The fraction of sp³-hybridized carbons (Fsp3) is 0.333. The maximum atomic E-state index is 13.1. The van der Waals surface area contributed by atoms with Gasteiger partial charge >= 0.3 is 0 Å². The van der Waals surface area contributed by atoms with Crippen molar-refractivity contribution in [2.24, 2.45) is 0 Å². The first-order chi connectivity index (χ1) is 15.3. The molecule has 0 fully saturated rings. The van der Waals surface area contributed by atoms with Gasteiger partial charge < -0.3 is 30.3 Å². The number of nitrogens with zero attached hydrogens (tertiary/aromatic N) is 1. The fourth-order valence-electron chi connectivity index (χ4n) is 4.15. The van der Waals surface area contributed by atoms with Gasteiger partial charge in [-0.15, -0.1) is 0 Å². The van der Waals surface area contributed by atoms with Crippen LogP contribution in [0.1, 0.15) is 51.6 Å². The molecule has 0 spiro atoms. The number of aromatic nitrogens is 1. The number of unbranched alkanes of at least 4 members (excludes halogenated alkanes) is 1. The number of aryl methyl sites for hydroxylation is 1. The van der Waals surface area contributed by atoms with Crippen LogP contribution in [-0.2, 0) is 6.54 Å². The van der Waals surface area contributed by atoms with Gasteiger partial charge in [-0.2, -0.15) is 0 Å². The molecule has 1 heterocycles. The second kappa shape index (κ2) is 8.38. The number of carbonyl (C=O) groups is 2. The number of ketones is 2. The molecule has 0 saturated heterocycles. The van der Waals surface area contributed by atoms with Gasteiger partial charge in [0.1, 0.15) is 5.75 Å². The Labute approximate surface area is 184 Å². The van der Waals surface area contributed by atoms with Crippen molar-refractivity contribution in [2.45, 2.75) is 31.8 Å². The Morgan fingerprint density at radius 1 is 0.906 bits per heavy atom. The molecule has 8 heteroatoms. The largest absolute Gasteiger partial charge is 0.506 e. The van der Waals surface area contributed by atoms with Gasteiger partial charge in [0.05, 0.1) is 35.4 Å². The topological polar surface area (TPSA) is 132 Å². The van der Waals surface area contributed by atoms with Crippen molar-refractivity contribution in [3.63, 3.8) is 0 Å². The number of carbonyl (C=O) groups excluding carboxylic acids is 2. The van der Waals surface area contributed by atoms with Crippen molar-refractivity contribution in [1.82, 2.24) is 9.88 Å². The number of hydrogen-bond acceptors (Lipinski definition) is 7. The third-order valence-corrected chi connectivity index (χ3v) is 6.11. The molecule has 32 heavy (non-hydrogen) atoms. The van der Waals surface area contributed by atoms with Crippen LogP contribution in [0.2, 0.25) is 0 Å². The predicted molar refractivity (Wildman–Crippen MR) is 118 cm³/mol. The Hall–Kier alpha value is -3.20. The molecule has 0 atom stereocenters. The summed E-state index contributed by atoms with van der Waals surface area (Å²) >= 11 is 0.